The zero-order valence-corrected chi connectivity index (χ0v) is 20.6. The minimum absolute atomic E-state index is 0.00705. The number of carbonyl (C=O) groups is 2. The number of amides is 2. The van der Waals surface area contributed by atoms with Gasteiger partial charge in [0.15, 0.2) is 0 Å². The fraction of sp³-hybridized carbons (Fsp3) is 0.167. The van der Waals surface area contributed by atoms with Crippen LogP contribution in [-0.2, 0) is 16.2 Å². The van der Waals surface area contributed by atoms with Crippen LogP contribution < -0.4 is 20.2 Å². The largest absolute Gasteiger partial charge is 0.494 e. The van der Waals surface area contributed by atoms with Gasteiger partial charge in [-0.2, -0.15) is 5.10 Å². The van der Waals surface area contributed by atoms with Crippen LogP contribution in [-0.4, -0.2) is 24.6 Å². The van der Waals surface area contributed by atoms with E-state index in [-0.39, 0.29) is 24.7 Å². The molecule has 0 saturated heterocycles. The van der Waals surface area contributed by atoms with Gasteiger partial charge < -0.3 is 14.8 Å². The monoisotopic (exact) mass is 495 g/mol. The highest BCUT2D eigenvalue weighted by atomic mass is 16.5. The minimum Gasteiger partial charge on any atom is -0.494 e. The van der Waals surface area contributed by atoms with Gasteiger partial charge in [-0.05, 0) is 53.6 Å². The molecule has 7 heteroatoms. The van der Waals surface area contributed by atoms with E-state index in [2.05, 4.69) is 15.8 Å². The molecule has 0 unspecified atom stereocenters. The predicted octanol–water partition coefficient (Wildman–Crippen LogP) is 5.69. The van der Waals surface area contributed by atoms with E-state index in [1.165, 1.54) is 0 Å². The van der Waals surface area contributed by atoms with Crippen LogP contribution in [0.3, 0.4) is 0 Å². The van der Waals surface area contributed by atoms with Crippen molar-refractivity contribution in [2.75, 3.05) is 11.9 Å². The lowest BCUT2D eigenvalue weighted by atomic mass is 10.0. The van der Waals surface area contributed by atoms with Gasteiger partial charge in [-0.1, -0.05) is 60.7 Å². The smallest absolute Gasteiger partial charge is 0.240 e. The first-order chi connectivity index (χ1) is 18.1. The maximum atomic E-state index is 12.3. The van der Waals surface area contributed by atoms with Crippen LogP contribution in [0.4, 0.5) is 5.69 Å². The molecule has 4 rings (SSSR count). The summed E-state index contributed by atoms with van der Waals surface area (Å²) in [6.07, 6.45) is 1.63. The lowest BCUT2D eigenvalue weighted by molar-refractivity contribution is -0.124. The number of hydrazone groups is 1. The normalized spacial score (nSPS) is 10.8. The van der Waals surface area contributed by atoms with E-state index < -0.39 is 0 Å². The molecule has 2 amide bonds. The van der Waals surface area contributed by atoms with Gasteiger partial charge in [0.1, 0.15) is 18.1 Å². The van der Waals surface area contributed by atoms with Crippen molar-refractivity contribution in [2.24, 2.45) is 5.10 Å². The minimum atomic E-state index is -0.356. The zero-order valence-electron chi connectivity index (χ0n) is 20.6. The Labute approximate surface area is 216 Å². The number of carbonyl (C=O) groups excluding carboxylic acids is 2. The van der Waals surface area contributed by atoms with Crippen molar-refractivity contribution in [1.29, 1.82) is 0 Å². The van der Waals surface area contributed by atoms with Gasteiger partial charge >= 0.3 is 0 Å². The molecule has 2 N–H and O–H groups in total. The molecule has 0 radical (unpaired) electrons. The summed E-state index contributed by atoms with van der Waals surface area (Å²) in [6.45, 7) is 2.90. The summed E-state index contributed by atoms with van der Waals surface area (Å²) in [7, 11) is 0. The molecular formula is C30H29N3O4. The lowest BCUT2D eigenvalue weighted by Crippen LogP contribution is -2.20. The molecule has 0 aromatic heterocycles. The Balaban J connectivity index is 1.34. The molecule has 0 aliphatic carbocycles. The molecule has 7 nitrogen and oxygen atoms in total. The molecular weight excluding hydrogens is 466 g/mol. The van der Waals surface area contributed by atoms with E-state index in [4.69, 9.17) is 9.47 Å². The molecule has 0 aliphatic rings. The molecule has 0 spiro atoms. The topological polar surface area (TPSA) is 89.0 Å². The number of fused-ring (bicyclic) bond motifs is 1. The van der Waals surface area contributed by atoms with Crippen LogP contribution in [0.2, 0.25) is 0 Å². The van der Waals surface area contributed by atoms with Gasteiger partial charge in [0.2, 0.25) is 11.8 Å². The molecule has 0 bridgehead atoms. The average molecular weight is 496 g/mol. The third-order valence-corrected chi connectivity index (χ3v) is 5.58. The second kappa shape index (κ2) is 12.9. The Hall–Kier alpha value is -4.65. The maximum Gasteiger partial charge on any atom is 0.240 e. The number of anilines is 1. The van der Waals surface area contributed by atoms with Gasteiger partial charge in [0.05, 0.1) is 12.8 Å². The lowest BCUT2D eigenvalue weighted by Gasteiger charge is -2.12. The van der Waals surface area contributed by atoms with E-state index in [0.717, 1.165) is 27.6 Å². The molecule has 4 aromatic carbocycles. The second-order valence-electron chi connectivity index (χ2n) is 8.27. The van der Waals surface area contributed by atoms with Crippen molar-refractivity contribution < 1.29 is 19.1 Å². The van der Waals surface area contributed by atoms with Crippen LogP contribution in [0, 0.1) is 0 Å². The Morgan fingerprint density at radius 3 is 2.32 bits per heavy atom. The molecule has 0 atom stereocenters. The van der Waals surface area contributed by atoms with E-state index in [0.29, 0.717) is 24.7 Å². The van der Waals surface area contributed by atoms with E-state index in [1.54, 1.807) is 30.5 Å². The summed E-state index contributed by atoms with van der Waals surface area (Å²) in [5.74, 6) is 0.784. The molecule has 4 aromatic rings. The predicted molar refractivity (Wildman–Crippen MR) is 146 cm³/mol. The molecule has 0 fully saturated rings. The first kappa shape index (κ1) is 25.4. The van der Waals surface area contributed by atoms with Gasteiger partial charge in [0, 0.05) is 24.1 Å². The highest BCUT2D eigenvalue weighted by Crippen LogP contribution is 2.27. The molecule has 0 saturated carbocycles. The molecule has 0 heterocycles. The summed E-state index contributed by atoms with van der Waals surface area (Å²) >= 11 is 0. The Kier molecular flexibility index (Phi) is 8.86. The van der Waals surface area contributed by atoms with Crippen molar-refractivity contribution in [2.45, 2.75) is 26.4 Å². The van der Waals surface area contributed by atoms with Crippen molar-refractivity contribution in [3.63, 3.8) is 0 Å². The zero-order chi connectivity index (χ0) is 25.9. The summed E-state index contributed by atoms with van der Waals surface area (Å²) in [6, 6.07) is 28.8. The number of hydrogen-bond acceptors (Lipinski definition) is 5. The van der Waals surface area contributed by atoms with Gasteiger partial charge in [-0.15, -0.1) is 0 Å². The van der Waals surface area contributed by atoms with E-state index >= 15 is 0 Å². The van der Waals surface area contributed by atoms with Crippen molar-refractivity contribution in [1.82, 2.24) is 5.43 Å². The fourth-order valence-electron chi connectivity index (χ4n) is 3.75. The van der Waals surface area contributed by atoms with Crippen LogP contribution in [0.15, 0.2) is 96.1 Å². The second-order valence-corrected chi connectivity index (χ2v) is 8.27. The number of nitrogens with one attached hydrogen (secondary N) is 2. The van der Waals surface area contributed by atoms with Crippen molar-refractivity contribution >= 4 is 34.5 Å². The Morgan fingerprint density at radius 1 is 0.811 bits per heavy atom. The summed E-state index contributed by atoms with van der Waals surface area (Å²) in [5, 5.41) is 8.91. The number of rotatable bonds is 11. The Bertz CT molecular complexity index is 1370. The first-order valence-electron chi connectivity index (χ1n) is 12.2. The first-order valence-corrected chi connectivity index (χ1v) is 12.2. The van der Waals surface area contributed by atoms with E-state index in [1.807, 2.05) is 73.7 Å². The summed E-state index contributed by atoms with van der Waals surface area (Å²) in [4.78, 5) is 24.5. The fourth-order valence-corrected chi connectivity index (χ4v) is 3.75. The molecule has 37 heavy (non-hydrogen) atoms. The molecule has 0 aliphatic heterocycles. The number of hydrogen-bond donors (Lipinski definition) is 2. The Morgan fingerprint density at radius 2 is 1.54 bits per heavy atom. The third-order valence-electron chi connectivity index (χ3n) is 5.58. The van der Waals surface area contributed by atoms with Crippen LogP contribution in [0.25, 0.3) is 10.8 Å². The van der Waals surface area contributed by atoms with Crippen LogP contribution >= 0.6 is 0 Å². The van der Waals surface area contributed by atoms with Gasteiger partial charge in [-0.25, -0.2) is 5.43 Å². The number of benzene rings is 4. The summed E-state index contributed by atoms with van der Waals surface area (Å²) in [5.41, 5.74) is 4.98. The quantitative estimate of drug-likeness (QED) is 0.207. The van der Waals surface area contributed by atoms with Crippen LogP contribution in [0.5, 0.6) is 11.5 Å². The SMILES string of the molecule is CCOc1ccc(NC(=O)CCC(=O)NN=Cc2c(OCc3ccccc3)ccc3ccccc23)cc1. The van der Waals surface area contributed by atoms with Crippen molar-refractivity contribution in [3.8, 4) is 11.5 Å². The van der Waals surface area contributed by atoms with Gasteiger partial charge in [0.25, 0.3) is 0 Å². The number of nitrogens with zero attached hydrogens (tertiary/aromatic N) is 1. The third kappa shape index (κ3) is 7.41. The molecule has 188 valence electrons. The highest BCUT2D eigenvalue weighted by molar-refractivity contribution is 6.02. The van der Waals surface area contributed by atoms with Crippen molar-refractivity contribution in [3.05, 3.63) is 102 Å². The van der Waals surface area contributed by atoms with E-state index in [9.17, 15) is 9.59 Å². The van der Waals surface area contributed by atoms with Crippen LogP contribution in [0.1, 0.15) is 30.9 Å². The standard InChI is InChI=1S/C30H29N3O4/c1-2-36-25-15-13-24(14-16-25)32-29(34)18-19-30(35)33-31-20-27-26-11-7-6-10-23(26)12-17-28(27)37-21-22-8-4-3-5-9-22/h3-17,20H,2,18-19,21H2,1H3,(H,32,34)(H,33,35). The summed E-state index contributed by atoms with van der Waals surface area (Å²) < 4.78 is 11.5. The highest BCUT2D eigenvalue weighted by Gasteiger charge is 2.10. The maximum absolute atomic E-state index is 12.3. The van der Waals surface area contributed by atoms with Gasteiger partial charge in [-0.3, -0.25) is 9.59 Å². The average Bonchev–Trinajstić information content (AvgIpc) is 2.93. The number of ether oxygens (including phenoxy) is 2.